The molecule has 2 heterocycles. The van der Waals surface area contributed by atoms with Crippen molar-refractivity contribution in [3.05, 3.63) is 64.0 Å². The van der Waals surface area contributed by atoms with E-state index in [9.17, 15) is 10.1 Å². The Morgan fingerprint density at radius 2 is 1.84 bits per heavy atom. The zero-order valence-corrected chi connectivity index (χ0v) is 14.3. The highest BCUT2D eigenvalue weighted by molar-refractivity contribution is 5.48. The second kappa shape index (κ2) is 8.04. The summed E-state index contributed by atoms with van der Waals surface area (Å²) in [6.07, 6.45) is 1.82. The molecule has 1 fully saturated rings. The van der Waals surface area contributed by atoms with Crippen LogP contribution in [0.5, 0.6) is 5.75 Å². The highest BCUT2D eigenvalue weighted by atomic mass is 16.6. The first-order valence-corrected chi connectivity index (χ1v) is 8.31. The van der Waals surface area contributed by atoms with Crippen LogP contribution >= 0.6 is 0 Å². The number of nitrogens with zero attached hydrogens (tertiary/aromatic N) is 4. The lowest BCUT2D eigenvalue weighted by atomic mass is 10.1. The molecule has 1 aromatic heterocycles. The molecule has 0 atom stereocenters. The van der Waals surface area contributed by atoms with Crippen LogP contribution < -0.4 is 4.74 Å². The van der Waals surface area contributed by atoms with Crippen molar-refractivity contribution in [2.75, 3.05) is 33.3 Å². The normalized spacial score (nSPS) is 15.9. The number of piperazine rings is 1. The number of ether oxygens (including phenoxy) is 1. The van der Waals surface area contributed by atoms with Crippen LogP contribution in [-0.4, -0.2) is 53.0 Å². The maximum Gasteiger partial charge on any atom is 0.311 e. The maximum atomic E-state index is 11.1. The summed E-state index contributed by atoms with van der Waals surface area (Å²) in [6.45, 7) is 5.38. The average Bonchev–Trinajstić information content (AvgIpc) is 2.64. The van der Waals surface area contributed by atoms with Gasteiger partial charge in [0.05, 0.1) is 17.7 Å². The number of hydrogen-bond acceptors (Lipinski definition) is 6. The van der Waals surface area contributed by atoms with E-state index < -0.39 is 4.92 Å². The first-order valence-electron chi connectivity index (χ1n) is 8.31. The largest absolute Gasteiger partial charge is 0.490 e. The zero-order valence-electron chi connectivity index (χ0n) is 14.3. The summed E-state index contributed by atoms with van der Waals surface area (Å²) in [5.74, 6) is 0.300. The number of nitro benzene ring substituents is 1. The highest BCUT2D eigenvalue weighted by Gasteiger charge is 2.20. The molecule has 7 heteroatoms. The average molecular weight is 342 g/mol. The molecule has 25 heavy (non-hydrogen) atoms. The van der Waals surface area contributed by atoms with Gasteiger partial charge in [0.2, 0.25) is 0 Å². The maximum absolute atomic E-state index is 11.1. The summed E-state index contributed by atoms with van der Waals surface area (Å²) >= 11 is 0. The standard InChI is InChI=1S/C18H22N4O3/c1-25-18-6-5-15(12-17(18)22(23)24)13-20-8-10-21(11-9-20)14-16-4-2-3-7-19-16/h2-7,12H,8-11,13-14H2,1H3. The van der Waals surface area contributed by atoms with E-state index in [4.69, 9.17) is 4.74 Å². The number of benzene rings is 1. The first-order chi connectivity index (χ1) is 12.2. The Kier molecular flexibility index (Phi) is 5.57. The van der Waals surface area contributed by atoms with Gasteiger partial charge in [0, 0.05) is 51.5 Å². The number of nitro groups is 1. The van der Waals surface area contributed by atoms with Gasteiger partial charge in [-0.05, 0) is 23.8 Å². The second-order valence-electron chi connectivity index (χ2n) is 6.14. The van der Waals surface area contributed by atoms with Crippen LogP contribution in [0.1, 0.15) is 11.3 Å². The molecule has 1 aliphatic heterocycles. The van der Waals surface area contributed by atoms with Crippen LogP contribution in [0.2, 0.25) is 0 Å². The molecule has 3 rings (SSSR count). The monoisotopic (exact) mass is 342 g/mol. The van der Waals surface area contributed by atoms with Crippen molar-refractivity contribution in [3.8, 4) is 5.75 Å². The van der Waals surface area contributed by atoms with E-state index in [1.807, 2.05) is 30.5 Å². The molecule has 0 bridgehead atoms. The SMILES string of the molecule is COc1ccc(CN2CCN(Cc3ccccn3)CC2)cc1[N+](=O)[O-]. The molecule has 1 aromatic carbocycles. The minimum atomic E-state index is -0.396. The van der Waals surface area contributed by atoms with E-state index in [0.717, 1.165) is 44.0 Å². The van der Waals surface area contributed by atoms with Gasteiger partial charge in [-0.3, -0.25) is 24.9 Å². The van der Waals surface area contributed by atoms with Crippen LogP contribution in [0.4, 0.5) is 5.69 Å². The van der Waals surface area contributed by atoms with Gasteiger partial charge in [0.15, 0.2) is 5.75 Å². The molecule has 0 aliphatic carbocycles. The molecule has 0 amide bonds. The van der Waals surface area contributed by atoms with Gasteiger partial charge in [0.1, 0.15) is 0 Å². The highest BCUT2D eigenvalue weighted by Crippen LogP contribution is 2.28. The van der Waals surface area contributed by atoms with E-state index in [2.05, 4.69) is 14.8 Å². The molecular weight excluding hydrogens is 320 g/mol. The van der Waals surface area contributed by atoms with Crippen molar-refractivity contribution in [2.24, 2.45) is 0 Å². The minimum absolute atomic E-state index is 0.0220. The number of methoxy groups -OCH3 is 1. The lowest BCUT2D eigenvalue weighted by molar-refractivity contribution is -0.385. The van der Waals surface area contributed by atoms with E-state index in [-0.39, 0.29) is 5.69 Å². The van der Waals surface area contributed by atoms with Gasteiger partial charge in [-0.15, -0.1) is 0 Å². The predicted molar refractivity (Wildman–Crippen MR) is 94.4 cm³/mol. The lowest BCUT2D eigenvalue weighted by Crippen LogP contribution is -2.45. The fourth-order valence-electron chi connectivity index (χ4n) is 3.06. The summed E-state index contributed by atoms with van der Waals surface area (Å²) in [4.78, 5) is 19.8. The van der Waals surface area contributed by atoms with E-state index in [1.165, 1.54) is 7.11 Å². The molecule has 0 N–H and O–H groups in total. The molecule has 0 radical (unpaired) electrons. The van der Waals surface area contributed by atoms with Crippen molar-refractivity contribution in [1.82, 2.24) is 14.8 Å². The third kappa shape index (κ3) is 4.52. The van der Waals surface area contributed by atoms with Crippen molar-refractivity contribution < 1.29 is 9.66 Å². The van der Waals surface area contributed by atoms with E-state index >= 15 is 0 Å². The van der Waals surface area contributed by atoms with Crippen LogP contribution in [0, 0.1) is 10.1 Å². The van der Waals surface area contributed by atoms with E-state index in [0.29, 0.717) is 12.3 Å². The Balaban J connectivity index is 1.55. The second-order valence-corrected chi connectivity index (χ2v) is 6.14. The summed E-state index contributed by atoms with van der Waals surface area (Å²) < 4.78 is 5.05. The molecule has 7 nitrogen and oxygen atoms in total. The molecule has 1 saturated heterocycles. The third-order valence-corrected chi connectivity index (χ3v) is 4.42. The van der Waals surface area contributed by atoms with Crippen molar-refractivity contribution >= 4 is 5.69 Å². The minimum Gasteiger partial charge on any atom is -0.490 e. The fourth-order valence-corrected chi connectivity index (χ4v) is 3.06. The predicted octanol–water partition coefficient (Wildman–Crippen LogP) is 2.32. The van der Waals surface area contributed by atoms with Gasteiger partial charge in [-0.1, -0.05) is 12.1 Å². The van der Waals surface area contributed by atoms with Gasteiger partial charge >= 0.3 is 5.69 Å². The fraction of sp³-hybridized carbons (Fsp3) is 0.389. The van der Waals surface area contributed by atoms with Crippen molar-refractivity contribution in [3.63, 3.8) is 0 Å². The van der Waals surface area contributed by atoms with Gasteiger partial charge in [-0.2, -0.15) is 0 Å². The number of rotatable bonds is 6. The van der Waals surface area contributed by atoms with Crippen LogP contribution in [-0.2, 0) is 13.1 Å². The van der Waals surface area contributed by atoms with Crippen LogP contribution in [0.3, 0.4) is 0 Å². The summed E-state index contributed by atoms with van der Waals surface area (Å²) in [7, 11) is 1.45. The van der Waals surface area contributed by atoms with Crippen molar-refractivity contribution in [2.45, 2.75) is 13.1 Å². The molecule has 1 aliphatic rings. The Labute approximate surface area is 147 Å². The van der Waals surface area contributed by atoms with Gasteiger partial charge in [0.25, 0.3) is 0 Å². The Morgan fingerprint density at radius 1 is 1.12 bits per heavy atom. The Hall–Kier alpha value is -2.51. The summed E-state index contributed by atoms with van der Waals surface area (Å²) in [6, 6.07) is 11.2. The summed E-state index contributed by atoms with van der Waals surface area (Å²) in [5, 5.41) is 11.1. The zero-order chi connectivity index (χ0) is 17.6. The molecule has 132 valence electrons. The van der Waals surface area contributed by atoms with Crippen LogP contribution in [0.25, 0.3) is 0 Å². The molecule has 0 spiro atoms. The third-order valence-electron chi connectivity index (χ3n) is 4.42. The molecule has 0 saturated carbocycles. The topological polar surface area (TPSA) is 71.7 Å². The van der Waals surface area contributed by atoms with Gasteiger partial charge in [-0.25, -0.2) is 0 Å². The number of aromatic nitrogens is 1. The number of hydrogen-bond donors (Lipinski definition) is 0. The lowest BCUT2D eigenvalue weighted by Gasteiger charge is -2.34. The molecular formula is C18H22N4O3. The van der Waals surface area contributed by atoms with E-state index in [1.54, 1.807) is 12.1 Å². The number of pyridine rings is 1. The Morgan fingerprint density at radius 3 is 2.44 bits per heavy atom. The van der Waals surface area contributed by atoms with Gasteiger partial charge < -0.3 is 4.74 Å². The van der Waals surface area contributed by atoms with Crippen molar-refractivity contribution in [1.29, 1.82) is 0 Å². The van der Waals surface area contributed by atoms with Crippen LogP contribution in [0.15, 0.2) is 42.6 Å². The molecule has 0 unspecified atom stereocenters. The first kappa shape index (κ1) is 17.3. The smallest absolute Gasteiger partial charge is 0.311 e. The summed E-state index contributed by atoms with van der Waals surface area (Å²) in [5.41, 5.74) is 2.04. The Bertz CT molecular complexity index is 716. The quantitative estimate of drug-likeness (QED) is 0.593. The molecule has 2 aromatic rings.